The van der Waals surface area contributed by atoms with E-state index < -0.39 is 0 Å². The molecular formula is C31H30FN9. The number of H-pyrrole nitrogens is 2. The number of hydrogen-bond acceptors (Lipinski definition) is 7. The number of aromatic nitrogens is 7. The van der Waals surface area contributed by atoms with E-state index in [2.05, 4.69) is 47.2 Å². The number of hydrogen-bond donors (Lipinski definition) is 2. The van der Waals surface area contributed by atoms with Gasteiger partial charge in [0.25, 0.3) is 0 Å². The van der Waals surface area contributed by atoms with E-state index >= 15 is 0 Å². The van der Waals surface area contributed by atoms with E-state index in [9.17, 15) is 4.39 Å². The molecule has 0 radical (unpaired) electrons. The minimum atomic E-state index is -0.288. The molecule has 0 atom stereocenters. The van der Waals surface area contributed by atoms with Crippen LogP contribution in [0, 0.1) is 5.82 Å². The Morgan fingerprint density at radius 2 is 1.68 bits per heavy atom. The number of benzene rings is 1. The largest absolute Gasteiger partial charge is 0.335 e. The van der Waals surface area contributed by atoms with Crippen LogP contribution >= 0.6 is 0 Å². The van der Waals surface area contributed by atoms with Gasteiger partial charge < -0.3 is 9.88 Å². The molecule has 0 amide bonds. The van der Waals surface area contributed by atoms with E-state index in [0.29, 0.717) is 23.5 Å². The first-order valence-corrected chi connectivity index (χ1v) is 13.8. The van der Waals surface area contributed by atoms with Crippen molar-refractivity contribution in [1.82, 2.24) is 44.9 Å². The van der Waals surface area contributed by atoms with Crippen molar-refractivity contribution in [3.63, 3.8) is 0 Å². The molecule has 0 aliphatic carbocycles. The van der Waals surface area contributed by atoms with Gasteiger partial charge in [0.15, 0.2) is 11.5 Å². The third-order valence-electron chi connectivity index (χ3n) is 7.54. The summed E-state index contributed by atoms with van der Waals surface area (Å²) in [4.78, 5) is 26.3. The van der Waals surface area contributed by atoms with Gasteiger partial charge in [-0.3, -0.25) is 20.0 Å². The summed E-state index contributed by atoms with van der Waals surface area (Å²) in [5.74, 6) is 0.325. The summed E-state index contributed by atoms with van der Waals surface area (Å²) in [7, 11) is 3.92. The van der Waals surface area contributed by atoms with Gasteiger partial charge in [-0.25, -0.2) is 14.4 Å². The maximum Gasteiger partial charge on any atom is 0.181 e. The van der Waals surface area contributed by atoms with Gasteiger partial charge in [-0.05, 0) is 87.0 Å². The van der Waals surface area contributed by atoms with Crippen LogP contribution in [-0.2, 0) is 13.1 Å². The summed E-state index contributed by atoms with van der Waals surface area (Å²) in [5.41, 5.74) is 8.33. The maximum absolute atomic E-state index is 14.6. The Bertz CT molecular complexity index is 1870. The third kappa shape index (κ3) is 5.07. The lowest BCUT2D eigenvalue weighted by atomic mass is 10.0. The molecule has 1 aliphatic heterocycles. The molecule has 1 fully saturated rings. The molecule has 0 bridgehead atoms. The highest BCUT2D eigenvalue weighted by Gasteiger charge is 2.18. The molecule has 10 heteroatoms. The Morgan fingerprint density at radius 1 is 0.878 bits per heavy atom. The molecule has 206 valence electrons. The normalized spacial score (nSPS) is 14.1. The second kappa shape index (κ2) is 10.5. The average Bonchev–Trinajstić information content (AvgIpc) is 3.71. The van der Waals surface area contributed by atoms with Crippen LogP contribution in [0.3, 0.4) is 0 Å². The number of nitrogens with one attached hydrogen (secondary N) is 2. The Morgan fingerprint density at radius 3 is 2.54 bits per heavy atom. The first-order chi connectivity index (χ1) is 20.0. The third-order valence-corrected chi connectivity index (χ3v) is 7.54. The zero-order valence-electron chi connectivity index (χ0n) is 23.0. The Balaban J connectivity index is 1.26. The number of nitrogens with zero attached hydrogens (tertiary/aromatic N) is 7. The molecule has 7 rings (SSSR count). The van der Waals surface area contributed by atoms with Crippen molar-refractivity contribution in [2.45, 2.75) is 25.9 Å². The topological polar surface area (TPSA) is 103 Å². The Labute approximate surface area is 236 Å². The van der Waals surface area contributed by atoms with Gasteiger partial charge in [0, 0.05) is 54.6 Å². The second-order valence-electron chi connectivity index (χ2n) is 11.0. The summed E-state index contributed by atoms with van der Waals surface area (Å²) >= 11 is 0. The van der Waals surface area contributed by atoms with Crippen LogP contribution in [0.2, 0.25) is 0 Å². The molecule has 6 heterocycles. The van der Waals surface area contributed by atoms with Gasteiger partial charge in [-0.2, -0.15) is 5.10 Å². The van der Waals surface area contributed by atoms with E-state index in [-0.39, 0.29) is 5.82 Å². The van der Waals surface area contributed by atoms with Gasteiger partial charge in [-0.1, -0.05) is 0 Å². The fraction of sp³-hybridized carbons (Fsp3) is 0.258. The summed E-state index contributed by atoms with van der Waals surface area (Å²) in [5, 5.41) is 8.39. The molecule has 0 spiro atoms. The average molecular weight is 548 g/mol. The highest BCUT2D eigenvalue weighted by Crippen LogP contribution is 2.33. The smallest absolute Gasteiger partial charge is 0.181 e. The van der Waals surface area contributed by atoms with Crippen molar-refractivity contribution in [3.8, 4) is 33.8 Å². The molecule has 1 aromatic carbocycles. The van der Waals surface area contributed by atoms with Gasteiger partial charge in [0.2, 0.25) is 0 Å². The fourth-order valence-corrected chi connectivity index (χ4v) is 5.69. The first kappa shape index (κ1) is 25.4. The predicted molar refractivity (Wildman–Crippen MR) is 157 cm³/mol. The van der Waals surface area contributed by atoms with Gasteiger partial charge in [-0.15, -0.1) is 0 Å². The number of halogens is 1. The molecule has 1 aliphatic rings. The highest BCUT2D eigenvalue weighted by atomic mass is 19.1. The number of rotatable bonds is 7. The van der Waals surface area contributed by atoms with Crippen LogP contribution in [0.5, 0.6) is 0 Å². The van der Waals surface area contributed by atoms with Crippen LogP contribution in [0.1, 0.15) is 24.0 Å². The molecule has 9 nitrogen and oxygen atoms in total. The quantitative estimate of drug-likeness (QED) is 0.275. The standard InChI is InChI=1S/C31H30FN9/c1-40(2)17-19-7-21(10-24(32)9-19)26-15-34-16-27-28(26)37-31(36-27)29-25-11-23(14-35-30(25)39-38-29)22-8-20(12-33-13-22)18-41-5-3-4-6-41/h7-16H,3-6,17-18H2,1-2H3,(H,36,37)(H,35,38,39). The van der Waals surface area contributed by atoms with E-state index in [1.165, 1.54) is 24.5 Å². The molecule has 5 aromatic heterocycles. The summed E-state index contributed by atoms with van der Waals surface area (Å²) < 4.78 is 14.6. The lowest BCUT2D eigenvalue weighted by molar-refractivity contribution is 0.331. The number of fused-ring (bicyclic) bond motifs is 2. The van der Waals surface area contributed by atoms with E-state index in [4.69, 9.17) is 4.98 Å². The number of likely N-dealkylation sites (tertiary alicyclic amines) is 1. The van der Waals surface area contributed by atoms with Crippen molar-refractivity contribution in [1.29, 1.82) is 0 Å². The molecule has 1 saturated heterocycles. The maximum atomic E-state index is 14.6. The van der Waals surface area contributed by atoms with Crippen LogP contribution in [0.25, 0.3) is 55.8 Å². The van der Waals surface area contributed by atoms with Gasteiger partial charge >= 0.3 is 0 Å². The fourth-order valence-electron chi connectivity index (χ4n) is 5.69. The molecule has 0 unspecified atom stereocenters. The minimum absolute atomic E-state index is 0.288. The number of imidazole rings is 1. The molecule has 41 heavy (non-hydrogen) atoms. The summed E-state index contributed by atoms with van der Waals surface area (Å²) in [6.45, 7) is 3.82. The highest BCUT2D eigenvalue weighted by molar-refractivity contribution is 5.96. The predicted octanol–water partition coefficient (Wildman–Crippen LogP) is 5.42. The van der Waals surface area contributed by atoms with E-state index in [0.717, 1.165) is 64.0 Å². The van der Waals surface area contributed by atoms with Crippen molar-refractivity contribution < 1.29 is 4.39 Å². The van der Waals surface area contributed by atoms with E-state index in [1.807, 2.05) is 43.7 Å². The zero-order chi connectivity index (χ0) is 27.9. The first-order valence-electron chi connectivity index (χ1n) is 13.8. The SMILES string of the molecule is CN(C)Cc1cc(F)cc(-c2cncc3[nH]c(-c4[nH]nc5ncc(-c6cncc(CN7CCCC7)c6)cc45)nc23)c1. The zero-order valence-corrected chi connectivity index (χ0v) is 23.0. The Hall–Kier alpha value is -4.54. The molecule has 0 saturated carbocycles. The van der Waals surface area contributed by atoms with Crippen molar-refractivity contribution >= 4 is 22.1 Å². The number of aromatic amines is 2. The van der Waals surface area contributed by atoms with Crippen LogP contribution in [0.15, 0.2) is 61.3 Å². The number of pyridine rings is 3. The molecule has 2 N–H and O–H groups in total. The van der Waals surface area contributed by atoms with Gasteiger partial charge in [0.05, 0.1) is 22.6 Å². The van der Waals surface area contributed by atoms with Crippen LogP contribution in [0.4, 0.5) is 4.39 Å². The van der Waals surface area contributed by atoms with E-state index in [1.54, 1.807) is 18.5 Å². The Kier molecular flexibility index (Phi) is 6.49. The summed E-state index contributed by atoms with van der Waals surface area (Å²) in [6, 6.07) is 9.34. The van der Waals surface area contributed by atoms with Gasteiger partial charge in [0.1, 0.15) is 11.5 Å². The van der Waals surface area contributed by atoms with Crippen LogP contribution in [-0.4, -0.2) is 72.1 Å². The minimum Gasteiger partial charge on any atom is -0.335 e. The molecule has 6 aromatic rings. The van der Waals surface area contributed by atoms with Crippen molar-refractivity contribution in [2.75, 3.05) is 27.2 Å². The molecular weight excluding hydrogens is 517 g/mol. The lowest BCUT2D eigenvalue weighted by Crippen LogP contribution is -2.18. The van der Waals surface area contributed by atoms with Crippen molar-refractivity contribution in [3.05, 3.63) is 78.3 Å². The lowest BCUT2D eigenvalue weighted by Gasteiger charge is -2.14. The van der Waals surface area contributed by atoms with Crippen molar-refractivity contribution in [2.24, 2.45) is 0 Å². The monoisotopic (exact) mass is 547 g/mol. The summed E-state index contributed by atoms with van der Waals surface area (Å²) in [6.07, 6.45) is 11.6. The van der Waals surface area contributed by atoms with Crippen LogP contribution < -0.4 is 0 Å². The second-order valence-corrected chi connectivity index (χ2v) is 11.0.